The average Bonchev–Trinajstić information content (AvgIpc) is 3.28. The third kappa shape index (κ3) is 5.97. The van der Waals surface area contributed by atoms with Crippen LogP contribution in [0.2, 0.25) is 0 Å². The minimum absolute atomic E-state index is 0.0294. The Kier molecular flexibility index (Phi) is 9.10. The van der Waals surface area contributed by atoms with E-state index in [-0.39, 0.29) is 23.7 Å². The molecule has 9 atom stereocenters. The van der Waals surface area contributed by atoms with E-state index in [1.165, 1.54) is 30.4 Å². The molecule has 1 aromatic rings. The monoisotopic (exact) mass is 566 g/mol. The molecule has 0 aromatic heterocycles. The highest BCUT2D eigenvalue weighted by Crippen LogP contribution is 2.45. The van der Waals surface area contributed by atoms with Crippen LogP contribution in [0.25, 0.3) is 6.08 Å². The third-order valence-electron chi connectivity index (χ3n) is 6.88. The maximum Gasteiger partial charge on any atom is 0.337 e. The molecular formula is C26H30O14. The summed E-state index contributed by atoms with van der Waals surface area (Å²) in [5.74, 6) is -4.18. The van der Waals surface area contributed by atoms with Gasteiger partial charge in [0, 0.05) is 12.0 Å². The number of esters is 2. The lowest BCUT2D eigenvalue weighted by Gasteiger charge is -2.43. The Morgan fingerprint density at radius 1 is 1.00 bits per heavy atom. The first-order chi connectivity index (χ1) is 19.0. The summed E-state index contributed by atoms with van der Waals surface area (Å²) in [6, 6.07) is 3.94. The molecule has 3 aliphatic rings. The van der Waals surface area contributed by atoms with Crippen molar-refractivity contribution in [2.24, 2.45) is 11.8 Å². The Morgan fingerprint density at radius 3 is 2.42 bits per heavy atom. The van der Waals surface area contributed by atoms with Gasteiger partial charge in [-0.15, -0.1) is 0 Å². The van der Waals surface area contributed by atoms with E-state index in [1.54, 1.807) is 0 Å². The first-order valence-corrected chi connectivity index (χ1v) is 12.2. The molecule has 1 fully saturated rings. The predicted octanol–water partition coefficient (Wildman–Crippen LogP) is -1.58. The van der Waals surface area contributed by atoms with Crippen LogP contribution in [-0.4, -0.2) is 111 Å². The number of fused-ring (bicyclic) bond motifs is 1. The van der Waals surface area contributed by atoms with Crippen LogP contribution in [0.4, 0.5) is 0 Å². The van der Waals surface area contributed by atoms with E-state index in [2.05, 4.69) is 0 Å². The molecule has 4 rings (SSSR count). The number of aromatic hydroxyl groups is 2. The number of phenols is 2. The van der Waals surface area contributed by atoms with Gasteiger partial charge >= 0.3 is 11.9 Å². The summed E-state index contributed by atoms with van der Waals surface area (Å²) in [5, 5.41) is 69.8. The van der Waals surface area contributed by atoms with Gasteiger partial charge in [-0.1, -0.05) is 12.1 Å². The number of phenolic OH excluding ortho intramolecular Hbond substituents is 2. The number of carbonyl (C=O) groups excluding carboxylic acids is 2. The lowest BCUT2D eigenvalue weighted by atomic mass is 9.82. The summed E-state index contributed by atoms with van der Waals surface area (Å²) in [4.78, 5) is 24.8. The lowest BCUT2D eigenvalue weighted by Crippen LogP contribution is -2.60. The number of methoxy groups -OCH3 is 1. The Hall–Kier alpha value is -3.50. The zero-order valence-corrected chi connectivity index (χ0v) is 21.1. The number of carbonyl (C=O) groups is 2. The molecule has 14 heteroatoms. The van der Waals surface area contributed by atoms with Gasteiger partial charge in [0.25, 0.3) is 0 Å². The molecule has 14 nitrogen and oxygen atoms in total. The Balaban J connectivity index is 1.51. The molecule has 40 heavy (non-hydrogen) atoms. The maximum absolute atomic E-state index is 12.4. The highest BCUT2D eigenvalue weighted by Gasteiger charge is 2.52. The summed E-state index contributed by atoms with van der Waals surface area (Å²) < 4.78 is 26.8. The van der Waals surface area contributed by atoms with E-state index in [0.717, 1.165) is 19.4 Å². The van der Waals surface area contributed by atoms with Crippen molar-refractivity contribution in [1.82, 2.24) is 0 Å². The highest BCUT2D eigenvalue weighted by molar-refractivity contribution is 5.89. The number of rotatable bonds is 8. The average molecular weight is 567 g/mol. The summed E-state index contributed by atoms with van der Waals surface area (Å²) in [7, 11) is 1.15. The maximum atomic E-state index is 12.4. The van der Waals surface area contributed by atoms with Gasteiger partial charge in [0.15, 0.2) is 17.8 Å². The van der Waals surface area contributed by atoms with Crippen molar-refractivity contribution in [3.8, 4) is 11.5 Å². The van der Waals surface area contributed by atoms with Crippen LogP contribution in [0.3, 0.4) is 0 Å². The van der Waals surface area contributed by atoms with Crippen LogP contribution in [-0.2, 0) is 33.3 Å². The van der Waals surface area contributed by atoms with Crippen molar-refractivity contribution in [3.63, 3.8) is 0 Å². The molecule has 218 valence electrons. The van der Waals surface area contributed by atoms with E-state index >= 15 is 0 Å². The summed E-state index contributed by atoms with van der Waals surface area (Å²) in [6.07, 6.45) is -5.69. The molecule has 0 spiro atoms. The minimum atomic E-state index is -1.74. The van der Waals surface area contributed by atoms with Crippen LogP contribution in [0.5, 0.6) is 11.5 Å². The molecular weight excluding hydrogens is 536 g/mol. The van der Waals surface area contributed by atoms with Gasteiger partial charge in [-0.3, -0.25) is 0 Å². The van der Waals surface area contributed by atoms with Gasteiger partial charge < -0.3 is 59.4 Å². The molecule has 1 aliphatic carbocycles. The minimum Gasteiger partial charge on any atom is -0.504 e. The number of ether oxygens (including phenoxy) is 5. The first kappa shape index (κ1) is 29.5. The Bertz CT molecular complexity index is 1190. The zero-order valence-electron chi connectivity index (χ0n) is 21.1. The standard InChI is InChI=1S/C26H30O14/c1-36-24(35)13-10-38-25(40-26-23(34)22(33)21(32)17(8-27)39-26)19-12(7-16(30)20(13)19)9-37-18(31)5-3-11-2-4-14(28)15(29)6-11/h2-7,10,16-17,19-23,25-30,32-34H,8-9H2,1H3. The van der Waals surface area contributed by atoms with Crippen LogP contribution in [0, 0.1) is 11.8 Å². The van der Waals surface area contributed by atoms with Crippen LogP contribution in [0.15, 0.2) is 47.8 Å². The largest absolute Gasteiger partial charge is 0.504 e. The summed E-state index contributed by atoms with van der Waals surface area (Å²) in [5.41, 5.74) is 0.674. The molecule has 1 saturated heterocycles. The molecule has 9 unspecified atom stereocenters. The molecule has 2 aliphatic heterocycles. The fourth-order valence-corrected chi connectivity index (χ4v) is 4.79. The van der Waals surface area contributed by atoms with Crippen molar-refractivity contribution in [3.05, 3.63) is 53.3 Å². The van der Waals surface area contributed by atoms with Crippen molar-refractivity contribution in [2.45, 2.75) is 43.1 Å². The second-order valence-electron chi connectivity index (χ2n) is 9.38. The van der Waals surface area contributed by atoms with Gasteiger partial charge in [0.05, 0.1) is 37.6 Å². The van der Waals surface area contributed by atoms with Gasteiger partial charge in [-0.25, -0.2) is 9.59 Å². The number of aliphatic hydroxyl groups excluding tert-OH is 5. The smallest absolute Gasteiger partial charge is 0.337 e. The molecule has 7 N–H and O–H groups in total. The molecule has 2 heterocycles. The van der Waals surface area contributed by atoms with Gasteiger partial charge in [-0.2, -0.15) is 0 Å². The van der Waals surface area contributed by atoms with Gasteiger partial charge in [-0.05, 0) is 29.3 Å². The second kappa shape index (κ2) is 12.3. The van der Waals surface area contributed by atoms with Crippen LogP contribution >= 0.6 is 0 Å². The SMILES string of the molecule is COC(=O)C1=COC(OC2OC(CO)C(O)C(O)C2O)C2C(COC(=O)C=Cc3ccc(O)c(O)c3)=CC(O)C12. The van der Waals surface area contributed by atoms with Crippen molar-refractivity contribution >= 4 is 18.0 Å². The first-order valence-electron chi connectivity index (χ1n) is 12.2. The van der Waals surface area contributed by atoms with Crippen LogP contribution in [0.1, 0.15) is 5.56 Å². The Labute approximate surface area is 227 Å². The fourth-order valence-electron chi connectivity index (χ4n) is 4.79. The molecule has 0 amide bonds. The van der Waals surface area contributed by atoms with E-state index < -0.39 is 73.5 Å². The second-order valence-corrected chi connectivity index (χ2v) is 9.38. The van der Waals surface area contributed by atoms with Crippen molar-refractivity contribution < 1.29 is 69.0 Å². The molecule has 0 radical (unpaired) electrons. The number of aliphatic hydroxyl groups is 5. The van der Waals surface area contributed by atoms with Crippen molar-refractivity contribution in [1.29, 1.82) is 0 Å². The highest BCUT2D eigenvalue weighted by atomic mass is 16.8. The van der Waals surface area contributed by atoms with E-state index in [4.69, 9.17) is 23.7 Å². The zero-order chi connectivity index (χ0) is 29.1. The fraction of sp³-hybridized carbons (Fsp3) is 0.462. The van der Waals surface area contributed by atoms with Crippen molar-refractivity contribution in [2.75, 3.05) is 20.3 Å². The predicted molar refractivity (Wildman–Crippen MR) is 131 cm³/mol. The van der Waals surface area contributed by atoms with E-state index in [9.17, 15) is 45.3 Å². The molecule has 0 bridgehead atoms. The van der Waals surface area contributed by atoms with Gasteiger partial charge in [0.1, 0.15) is 31.0 Å². The number of hydrogen-bond donors (Lipinski definition) is 7. The topological polar surface area (TPSA) is 222 Å². The quantitative estimate of drug-likeness (QED) is 0.0817. The number of hydrogen-bond acceptors (Lipinski definition) is 14. The summed E-state index contributed by atoms with van der Waals surface area (Å²) >= 11 is 0. The van der Waals surface area contributed by atoms with Gasteiger partial charge in [0.2, 0.25) is 6.29 Å². The molecule has 1 aromatic carbocycles. The lowest BCUT2D eigenvalue weighted by molar-refractivity contribution is -0.340. The normalized spacial score (nSPS) is 33.5. The molecule has 0 saturated carbocycles. The van der Waals surface area contributed by atoms with Crippen LogP contribution < -0.4 is 0 Å². The van der Waals surface area contributed by atoms with E-state index in [0.29, 0.717) is 11.1 Å². The Morgan fingerprint density at radius 2 is 1.75 bits per heavy atom. The third-order valence-corrected chi connectivity index (χ3v) is 6.88. The summed E-state index contributed by atoms with van der Waals surface area (Å²) in [6.45, 7) is -1.06. The number of benzene rings is 1. The van der Waals surface area contributed by atoms with E-state index in [1.807, 2.05) is 0 Å².